The fourth-order valence-corrected chi connectivity index (χ4v) is 4.49. The number of sulfone groups is 1. The number of aromatic nitrogens is 1. The van der Waals surface area contributed by atoms with Crippen molar-refractivity contribution in [3.8, 4) is 0 Å². The van der Waals surface area contributed by atoms with Gasteiger partial charge in [-0.3, -0.25) is 4.98 Å². The third-order valence-electron chi connectivity index (χ3n) is 3.96. The summed E-state index contributed by atoms with van der Waals surface area (Å²) in [5, 5.41) is 1.58. The zero-order chi connectivity index (χ0) is 17.3. The maximum atomic E-state index is 13.2. The van der Waals surface area contributed by atoms with E-state index in [4.69, 9.17) is 5.73 Å². The lowest BCUT2D eigenvalue weighted by molar-refractivity contribution is 0.595. The topological polar surface area (TPSA) is 76.3 Å². The minimum absolute atomic E-state index is 0.0725. The summed E-state index contributed by atoms with van der Waals surface area (Å²) in [6.45, 7) is 0.0725. The van der Waals surface area contributed by atoms with Gasteiger partial charge in [0.15, 0.2) is 0 Å². The van der Waals surface area contributed by atoms with Crippen molar-refractivity contribution in [1.29, 1.82) is 0 Å². The van der Waals surface area contributed by atoms with Crippen LogP contribution in [0, 0.1) is 0 Å². The second kappa shape index (κ2) is 6.22. The number of hydrogen-bond acceptors (Lipinski definition) is 5. The molecule has 0 atom stereocenters. The van der Waals surface area contributed by atoms with Gasteiger partial charge in [-0.2, -0.15) is 0 Å². The lowest BCUT2D eigenvalue weighted by Crippen LogP contribution is -2.12. The summed E-state index contributed by atoms with van der Waals surface area (Å²) in [7, 11) is 0.156. The molecule has 0 amide bonds. The Morgan fingerprint density at radius 3 is 2.33 bits per heavy atom. The van der Waals surface area contributed by atoms with E-state index in [1.807, 2.05) is 43.3 Å². The molecule has 0 aliphatic heterocycles. The van der Waals surface area contributed by atoms with Gasteiger partial charge >= 0.3 is 0 Å². The van der Waals surface area contributed by atoms with Crippen LogP contribution in [0.2, 0.25) is 0 Å². The molecule has 0 aliphatic carbocycles. The van der Waals surface area contributed by atoms with E-state index >= 15 is 0 Å². The fourth-order valence-electron chi connectivity index (χ4n) is 2.83. The Hall–Kier alpha value is -2.44. The molecule has 124 valence electrons. The largest absolute Gasteiger partial charge is 0.377 e. The van der Waals surface area contributed by atoms with Crippen LogP contribution in [0.5, 0.6) is 0 Å². The molecule has 0 spiro atoms. The number of pyridine rings is 1. The van der Waals surface area contributed by atoms with Crippen LogP contribution in [-0.2, 0) is 16.4 Å². The summed E-state index contributed by atoms with van der Waals surface area (Å²) in [6, 6.07) is 14.1. The highest BCUT2D eigenvalue weighted by Crippen LogP contribution is 2.33. The lowest BCUT2D eigenvalue weighted by atomic mass is 10.1. The highest BCUT2D eigenvalue weighted by molar-refractivity contribution is 7.91. The Balaban J connectivity index is 2.32. The van der Waals surface area contributed by atoms with Gasteiger partial charge in [-0.05, 0) is 24.3 Å². The monoisotopic (exact) mass is 341 g/mol. The molecule has 1 aromatic heterocycles. The summed E-state index contributed by atoms with van der Waals surface area (Å²) >= 11 is 0. The number of benzene rings is 2. The Bertz CT molecular complexity index is 998. The third kappa shape index (κ3) is 2.64. The maximum absolute atomic E-state index is 13.2. The molecular formula is C18H19N3O2S. The molecule has 0 aliphatic rings. The molecule has 3 rings (SSSR count). The zero-order valence-electron chi connectivity index (χ0n) is 13.6. The predicted octanol–water partition coefficient (Wildman–Crippen LogP) is 2.59. The van der Waals surface area contributed by atoms with Crippen LogP contribution < -0.4 is 10.6 Å². The Morgan fingerprint density at radius 2 is 1.62 bits per heavy atom. The van der Waals surface area contributed by atoms with Crippen molar-refractivity contribution in [3.63, 3.8) is 0 Å². The van der Waals surface area contributed by atoms with E-state index in [9.17, 15) is 8.42 Å². The smallest absolute Gasteiger partial charge is 0.209 e. The van der Waals surface area contributed by atoms with Crippen LogP contribution in [0.3, 0.4) is 0 Å². The first-order valence-corrected chi connectivity index (χ1v) is 9.03. The fraction of sp³-hybridized carbons (Fsp3) is 0.167. The van der Waals surface area contributed by atoms with Crippen LogP contribution in [0.25, 0.3) is 10.8 Å². The molecule has 5 nitrogen and oxygen atoms in total. The quantitative estimate of drug-likeness (QED) is 0.789. The van der Waals surface area contributed by atoms with Crippen molar-refractivity contribution < 1.29 is 8.42 Å². The van der Waals surface area contributed by atoms with Crippen molar-refractivity contribution in [3.05, 3.63) is 60.4 Å². The van der Waals surface area contributed by atoms with Crippen molar-refractivity contribution >= 4 is 26.3 Å². The molecule has 0 bridgehead atoms. The van der Waals surface area contributed by atoms with E-state index in [0.717, 1.165) is 11.1 Å². The number of rotatable bonds is 4. The van der Waals surface area contributed by atoms with Crippen LogP contribution in [0.4, 0.5) is 5.69 Å². The average Bonchev–Trinajstić information content (AvgIpc) is 2.60. The molecule has 0 radical (unpaired) electrons. The predicted molar refractivity (Wildman–Crippen MR) is 95.9 cm³/mol. The lowest BCUT2D eigenvalue weighted by Gasteiger charge is -2.17. The molecule has 0 saturated carbocycles. The van der Waals surface area contributed by atoms with Crippen molar-refractivity contribution in [2.75, 3.05) is 19.0 Å². The minimum atomic E-state index is -3.71. The summed E-state index contributed by atoms with van der Waals surface area (Å²) in [6.07, 6.45) is 1.55. The number of nitrogens with zero attached hydrogens (tertiary/aromatic N) is 2. The van der Waals surface area contributed by atoms with Gasteiger partial charge in [0, 0.05) is 43.3 Å². The third-order valence-corrected chi connectivity index (χ3v) is 5.85. The molecule has 2 aromatic carbocycles. The molecule has 24 heavy (non-hydrogen) atoms. The Kier molecular flexibility index (Phi) is 4.26. The second-order valence-electron chi connectivity index (χ2n) is 5.68. The Morgan fingerprint density at radius 1 is 0.958 bits per heavy atom. The van der Waals surface area contributed by atoms with E-state index in [1.165, 1.54) is 0 Å². The Labute approximate surface area is 141 Å². The number of fused-ring (bicyclic) bond motifs is 1. The highest BCUT2D eigenvalue weighted by atomic mass is 32.2. The van der Waals surface area contributed by atoms with Crippen molar-refractivity contribution in [2.45, 2.75) is 16.3 Å². The highest BCUT2D eigenvalue weighted by Gasteiger charge is 2.24. The van der Waals surface area contributed by atoms with E-state index < -0.39 is 9.84 Å². The van der Waals surface area contributed by atoms with E-state index in [0.29, 0.717) is 11.1 Å². The molecule has 1 heterocycles. The van der Waals surface area contributed by atoms with Crippen molar-refractivity contribution in [1.82, 2.24) is 4.98 Å². The normalized spacial score (nSPS) is 11.6. The van der Waals surface area contributed by atoms with Gasteiger partial charge < -0.3 is 10.6 Å². The summed E-state index contributed by atoms with van der Waals surface area (Å²) < 4.78 is 26.4. The molecule has 3 aromatic rings. The van der Waals surface area contributed by atoms with E-state index in [1.54, 1.807) is 30.5 Å². The summed E-state index contributed by atoms with van der Waals surface area (Å²) in [4.78, 5) is 6.50. The molecule has 6 heteroatoms. The zero-order valence-corrected chi connectivity index (χ0v) is 14.4. The number of anilines is 1. The van der Waals surface area contributed by atoms with Crippen molar-refractivity contribution in [2.24, 2.45) is 5.73 Å². The van der Waals surface area contributed by atoms with Crippen LogP contribution in [0.1, 0.15) is 5.69 Å². The second-order valence-corrected chi connectivity index (χ2v) is 7.57. The van der Waals surface area contributed by atoms with Crippen LogP contribution in [-0.4, -0.2) is 27.5 Å². The van der Waals surface area contributed by atoms with Gasteiger partial charge in [0.25, 0.3) is 0 Å². The minimum Gasteiger partial charge on any atom is -0.377 e. The molecule has 2 N–H and O–H groups in total. The average molecular weight is 341 g/mol. The summed E-state index contributed by atoms with van der Waals surface area (Å²) in [5.74, 6) is 0. The maximum Gasteiger partial charge on any atom is 0.209 e. The van der Waals surface area contributed by atoms with E-state index in [-0.39, 0.29) is 16.3 Å². The van der Waals surface area contributed by atoms with Gasteiger partial charge in [0.2, 0.25) is 9.84 Å². The molecule has 0 unspecified atom stereocenters. The summed E-state index contributed by atoms with van der Waals surface area (Å²) in [5.41, 5.74) is 7.01. The van der Waals surface area contributed by atoms with Crippen LogP contribution >= 0.6 is 0 Å². The molecule has 0 fully saturated rings. The van der Waals surface area contributed by atoms with Gasteiger partial charge in [-0.1, -0.05) is 24.3 Å². The van der Waals surface area contributed by atoms with E-state index in [2.05, 4.69) is 4.98 Å². The van der Waals surface area contributed by atoms with Gasteiger partial charge in [0.1, 0.15) is 0 Å². The SMILES string of the molecule is CN(C)c1cccc2c(S(=O)(=O)c3cccnc3CN)cccc12. The van der Waals surface area contributed by atoms with Crippen LogP contribution in [0.15, 0.2) is 64.5 Å². The standard InChI is InChI=1S/C18H19N3O2S/c1-21(2)16-8-3-7-14-13(16)6-4-9-17(14)24(22,23)18-10-5-11-20-15(18)12-19/h3-11H,12,19H2,1-2H3. The molecule has 0 saturated heterocycles. The van der Waals surface area contributed by atoms with Gasteiger partial charge in [-0.15, -0.1) is 0 Å². The number of nitrogens with two attached hydrogens (primary N) is 1. The first-order chi connectivity index (χ1) is 11.5. The first-order valence-electron chi connectivity index (χ1n) is 7.55. The number of hydrogen-bond donors (Lipinski definition) is 1. The molecular weight excluding hydrogens is 322 g/mol. The van der Waals surface area contributed by atoms with Gasteiger partial charge in [0.05, 0.1) is 15.5 Å². The van der Waals surface area contributed by atoms with Gasteiger partial charge in [-0.25, -0.2) is 8.42 Å². The first kappa shape index (κ1) is 16.4.